The maximum atomic E-state index is 6.48. The lowest BCUT2D eigenvalue weighted by atomic mass is 10.1. The molecule has 0 amide bonds. The van der Waals surface area contributed by atoms with Gasteiger partial charge in [-0.15, -0.1) is 0 Å². The van der Waals surface area contributed by atoms with Crippen molar-refractivity contribution in [1.82, 2.24) is 0 Å². The molecule has 0 aromatic carbocycles. The first-order valence-electron chi connectivity index (χ1n) is 8.66. The van der Waals surface area contributed by atoms with Gasteiger partial charge in [0.25, 0.3) is 0 Å². The smallest absolute Gasteiger partial charge is 0.388 e. The van der Waals surface area contributed by atoms with Crippen LogP contribution in [0.2, 0.25) is 0 Å². The summed E-state index contributed by atoms with van der Waals surface area (Å²) in [6, 6.07) is 0. The Hall–Kier alpha value is -0.383. The second-order valence-electron chi connectivity index (χ2n) is 6.69. The first-order valence-corrected chi connectivity index (χ1v) is 10.5. The molecule has 0 N–H and O–H groups in total. The molecule has 0 saturated heterocycles. The van der Waals surface area contributed by atoms with E-state index in [1.165, 1.54) is 25.7 Å². The van der Waals surface area contributed by atoms with E-state index < -0.39 is 8.56 Å². The minimum atomic E-state index is -2.38. The van der Waals surface area contributed by atoms with Crippen molar-refractivity contribution in [2.45, 2.75) is 67.2 Å². The molecule has 2 rings (SSSR count). The minimum absolute atomic E-state index is 0.688. The average Bonchev–Trinajstić information content (AvgIpc) is 2.95. The third kappa shape index (κ3) is 2.93. The molecule has 0 aliphatic heterocycles. The van der Waals surface area contributed by atoms with Crippen LogP contribution in [-0.2, 0) is 8.85 Å². The summed E-state index contributed by atoms with van der Waals surface area (Å²) in [6.07, 6.45) is 4.87. The Bertz CT molecular complexity index is 408. The lowest BCUT2D eigenvalue weighted by Crippen LogP contribution is -2.47. The van der Waals surface area contributed by atoms with Gasteiger partial charge >= 0.3 is 8.56 Å². The first kappa shape index (κ1) is 17.0. The van der Waals surface area contributed by atoms with Crippen LogP contribution in [0.25, 0.3) is 0 Å². The van der Waals surface area contributed by atoms with Gasteiger partial charge in [-0.1, -0.05) is 25.0 Å². The van der Waals surface area contributed by atoms with E-state index in [0.29, 0.717) is 11.8 Å². The van der Waals surface area contributed by atoms with E-state index in [9.17, 15) is 0 Å². The van der Waals surface area contributed by atoms with Crippen molar-refractivity contribution < 1.29 is 8.85 Å². The van der Waals surface area contributed by atoms with E-state index >= 15 is 0 Å². The molecule has 0 heterocycles. The molecule has 2 nitrogen and oxygen atoms in total. The third-order valence-electron chi connectivity index (χ3n) is 5.57. The second-order valence-corrected chi connectivity index (χ2v) is 9.70. The second kappa shape index (κ2) is 6.80. The quantitative estimate of drug-likeness (QED) is 0.638. The van der Waals surface area contributed by atoms with Crippen LogP contribution in [-0.4, -0.2) is 21.8 Å². The third-order valence-corrected chi connectivity index (χ3v) is 9.84. The zero-order valence-corrected chi connectivity index (χ0v) is 15.7. The van der Waals surface area contributed by atoms with Crippen molar-refractivity contribution in [2.75, 3.05) is 13.2 Å². The van der Waals surface area contributed by atoms with Gasteiger partial charge in [0, 0.05) is 13.2 Å². The van der Waals surface area contributed by atoms with Crippen LogP contribution in [0, 0.1) is 11.8 Å². The van der Waals surface area contributed by atoms with Gasteiger partial charge < -0.3 is 8.85 Å². The van der Waals surface area contributed by atoms with E-state index in [2.05, 4.69) is 41.5 Å². The number of hydrogen-bond donors (Lipinski definition) is 0. The van der Waals surface area contributed by atoms with Crippen LogP contribution in [0.3, 0.4) is 0 Å². The Balaban J connectivity index is 2.54. The van der Waals surface area contributed by atoms with Gasteiger partial charge in [0.05, 0.1) is 0 Å². The molecule has 2 unspecified atom stereocenters. The van der Waals surface area contributed by atoms with Crippen LogP contribution >= 0.6 is 0 Å². The van der Waals surface area contributed by atoms with Crippen LogP contribution in [0.5, 0.6) is 0 Å². The highest BCUT2D eigenvalue weighted by molar-refractivity contribution is 6.82. The summed E-state index contributed by atoms with van der Waals surface area (Å²) in [5.74, 6) is 1.38. The SMILES string of the molecule is CCO[Si](OCC)(C1=C(C)C(C)CC1)C1=C(C)C(C)CC1. The largest absolute Gasteiger partial charge is 0.398 e. The molecule has 120 valence electrons. The molecule has 0 aromatic rings. The molecule has 2 atom stereocenters. The van der Waals surface area contributed by atoms with Gasteiger partial charge in [0.1, 0.15) is 0 Å². The highest BCUT2D eigenvalue weighted by Gasteiger charge is 2.50. The molecular weight excluding hydrogens is 276 g/mol. The van der Waals surface area contributed by atoms with Crippen molar-refractivity contribution in [2.24, 2.45) is 11.8 Å². The maximum absolute atomic E-state index is 6.48. The Morgan fingerprint density at radius 3 is 1.48 bits per heavy atom. The maximum Gasteiger partial charge on any atom is 0.398 e. The van der Waals surface area contributed by atoms with Gasteiger partial charge in [0.2, 0.25) is 0 Å². The van der Waals surface area contributed by atoms with E-state index in [1.807, 2.05) is 0 Å². The van der Waals surface area contributed by atoms with Gasteiger partial charge in [-0.2, -0.15) is 0 Å². The van der Waals surface area contributed by atoms with Crippen molar-refractivity contribution in [3.8, 4) is 0 Å². The monoisotopic (exact) mass is 308 g/mol. The van der Waals surface area contributed by atoms with Crippen LogP contribution in [0.4, 0.5) is 0 Å². The van der Waals surface area contributed by atoms with Gasteiger partial charge in [-0.05, 0) is 75.6 Å². The lowest BCUT2D eigenvalue weighted by molar-refractivity contribution is 0.198. The molecule has 0 aromatic heterocycles. The molecule has 0 radical (unpaired) electrons. The van der Waals surface area contributed by atoms with Gasteiger partial charge in [0.15, 0.2) is 0 Å². The normalized spacial score (nSPS) is 27.1. The molecule has 2 aliphatic rings. The Morgan fingerprint density at radius 2 is 1.24 bits per heavy atom. The van der Waals surface area contributed by atoms with Crippen molar-refractivity contribution in [3.05, 3.63) is 21.5 Å². The summed E-state index contributed by atoms with van der Waals surface area (Å²) in [6.45, 7) is 15.0. The van der Waals surface area contributed by atoms with E-state index in [4.69, 9.17) is 8.85 Å². The molecule has 2 aliphatic carbocycles. The molecule has 21 heavy (non-hydrogen) atoms. The van der Waals surface area contributed by atoms with E-state index in [1.54, 1.807) is 21.5 Å². The van der Waals surface area contributed by atoms with Gasteiger partial charge in [-0.25, -0.2) is 0 Å². The predicted molar refractivity (Wildman–Crippen MR) is 91.2 cm³/mol. The molecule has 0 bridgehead atoms. The minimum Gasteiger partial charge on any atom is -0.388 e. The Morgan fingerprint density at radius 1 is 0.857 bits per heavy atom. The van der Waals surface area contributed by atoms with Crippen LogP contribution in [0.15, 0.2) is 21.5 Å². The standard InChI is InChI=1S/C18H32O2Si/c1-7-19-21(20-8-2,17-11-9-13(3)15(17)5)18-12-10-14(4)16(18)6/h13-14H,7-12H2,1-6H3. The van der Waals surface area contributed by atoms with E-state index in [-0.39, 0.29) is 0 Å². The van der Waals surface area contributed by atoms with Crippen LogP contribution in [0.1, 0.15) is 67.2 Å². The van der Waals surface area contributed by atoms with Gasteiger partial charge in [-0.3, -0.25) is 0 Å². The summed E-state index contributed by atoms with van der Waals surface area (Å²) in [4.78, 5) is 0. The average molecular weight is 309 g/mol. The number of allylic oxidation sites excluding steroid dienone is 4. The molecule has 0 spiro atoms. The summed E-state index contributed by atoms with van der Waals surface area (Å²) in [5.41, 5.74) is 3.09. The Labute approximate surface area is 131 Å². The summed E-state index contributed by atoms with van der Waals surface area (Å²) >= 11 is 0. The van der Waals surface area contributed by atoms with Crippen molar-refractivity contribution >= 4 is 8.56 Å². The van der Waals surface area contributed by atoms with Crippen LogP contribution < -0.4 is 0 Å². The zero-order chi connectivity index (χ0) is 15.6. The number of rotatable bonds is 6. The molecular formula is C18H32O2Si. The molecule has 3 heteroatoms. The topological polar surface area (TPSA) is 18.5 Å². The first-order chi connectivity index (χ1) is 9.97. The summed E-state index contributed by atoms with van der Waals surface area (Å²) < 4.78 is 13.0. The number of hydrogen-bond acceptors (Lipinski definition) is 2. The molecule has 0 fully saturated rings. The fraction of sp³-hybridized carbons (Fsp3) is 0.778. The zero-order valence-electron chi connectivity index (χ0n) is 14.7. The summed E-state index contributed by atoms with van der Waals surface area (Å²) in [7, 11) is -2.38. The highest BCUT2D eigenvalue weighted by Crippen LogP contribution is 2.46. The van der Waals surface area contributed by atoms with Crippen molar-refractivity contribution in [1.29, 1.82) is 0 Å². The summed E-state index contributed by atoms with van der Waals surface area (Å²) in [5, 5.41) is 3.09. The lowest BCUT2D eigenvalue weighted by Gasteiger charge is -2.34. The fourth-order valence-corrected chi connectivity index (χ4v) is 8.41. The highest BCUT2D eigenvalue weighted by atomic mass is 28.4. The Kier molecular flexibility index (Phi) is 5.50. The molecule has 0 saturated carbocycles. The predicted octanol–water partition coefficient (Wildman–Crippen LogP) is 5.07. The van der Waals surface area contributed by atoms with Crippen molar-refractivity contribution in [3.63, 3.8) is 0 Å². The van der Waals surface area contributed by atoms with E-state index in [0.717, 1.165) is 13.2 Å². The fourth-order valence-electron chi connectivity index (χ4n) is 3.97.